The fraction of sp³-hybridized carbons (Fsp3) is 0.250. The Labute approximate surface area is 173 Å². The van der Waals surface area contributed by atoms with Crippen LogP contribution in [0.15, 0.2) is 53.7 Å². The Hall–Kier alpha value is -3.04. The highest BCUT2D eigenvalue weighted by molar-refractivity contribution is 7.99. The normalized spacial score (nSPS) is 10.6. The van der Waals surface area contributed by atoms with E-state index in [0.717, 1.165) is 5.69 Å². The van der Waals surface area contributed by atoms with E-state index in [0.29, 0.717) is 34.8 Å². The Bertz CT molecular complexity index is 962. The molecule has 0 saturated heterocycles. The van der Waals surface area contributed by atoms with Crippen molar-refractivity contribution in [1.29, 1.82) is 0 Å². The molecule has 0 spiro atoms. The first kappa shape index (κ1) is 20.7. The molecule has 3 rings (SSSR count). The minimum Gasteiger partial charge on any atom is -0.497 e. The molecule has 0 saturated carbocycles. The van der Waals surface area contributed by atoms with Crippen molar-refractivity contribution < 1.29 is 19.0 Å². The lowest BCUT2D eigenvalue weighted by atomic mass is 10.2. The van der Waals surface area contributed by atoms with Gasteiger partial charge in [0.05, 0.1) is 25.7 Å². The van der Waals surface area contributed by atoms with Crippen LogP contribution in [0.1, 0.15) is 5.82 Å². The first-order chi connectivity index (χ1) is 14.2. The number of nitrogens with one attached hydrogen (secondary N) is 1. The second-order valence-corrected chi connectivity index (χ2v) is 6.85. The number of rotatable bonds is 9. The molecule has 0 unspecified atom stereocenters. The van der Waals surface area contributed by atoms with Gasteiger partial charge in [0, 0.05) is 18.9 Å². The van der Waals surface area contributed by atoms with E-state index < -0.39 is 0 Å². The zero-order chi connectivity index (χ0) is 20.6. The maximum atomic E-state index is 12.5. The van der Waals surface area contributed by atoms with Crippen molar-refractivity contribution in [1.82, 2.24) is 14.8 Å². The minimum absolute atomic E-state index is 0.151. The molecule has 1 N–H and O–H groups in total. The molecule has 1 amide bonds. The van der Waals surface area contributed by atoms with Crippen LogP contribution < -0.4 is 14.8 Å². The molecule has 0 aliphatic heterocycles. The zero-order valence-electron chi connectivity index (χ0n) is 16.4. The Morgan fingerprint density at radius 1 is 1.07 bits per heavy atom. The molecule has 0 aliphatic carbocycles. The van der Waals surface area contributed by atoms with E-state index in [-0.39, 0.29) is 11.7 Å². The Balaban J connectivity index is 1.74. The standard InChI is InChI=1S/C20H22N4O4S/c1-26-12-18-22-23-20(24(18)14-7-5-4-6-8-14)29-13-19(25)21-16-11-15(27-2)9-10-17(16)28-3/h4-11H,12-13H2,1-3H3,(H,21,25). The summed E-state index contributed by atoms with van der Waals surface area (Å²) in [7, 11) is 4.72. The number of carbonyl (C=O) groups is 1. The number of aromatic nitrogens is 3. The average Bonchev–Trinajstić information content (AvgIpc) is 3.15. The maximum Gasteiger partial charge on any atom is 0.234 e. The molecule has 2 aromatic carbocycles. The fourth-order valence-corrected chi connectivity index (χ4v) is 3.45. The third kappa shape index (κ3) is 5.07. The lowest BCUT2D eigenvalue weighted by Crippen LogP contribution is -2.15. The molecule has 152 valence electrons. The summed E-state index contributed by atoms with van der Waals surface area (Å²) in [5.74, 6) is 1.80. The third-order valence-corrected chi connectivity index (χ3v) is 4.93. The summed E-state index contributed by atoms with van der Waals surface area (Å²) in [6.07, 6.45) is 0. The molecule has 0 fully saturated rings. The monoisotopic (exact) mass is 414 g/mol. The lowest BCUT2D eigenvalue weighted by Gasteiger charge is -2.12. The summed E-state index contributed by atoms with van der Waals surface area (Å²) in [4.78, 5) is 12.5. The van der Waals surface area contributed by atoms with E-state index >= 15 is 0 Å². The van der Waals surface area contributed by atoms with Crippen LogP contribution in [0.25, 0.3) is 5.69 Å². The minimum atomic E-state index is -0.197. The van der Waals surface area contributed by atoms with E-state index in [1.807, 2.05) is 34.9 Å². The van der Waals surface area contributed by atoms with Crippen LogP contribution in [-0.4, -0.2) is 47.8 Å². The largest absolute Gasteiger partial charge is 0.497 e. The smallest absolute Gasteiger partial charge is 0.234 e. The number of thioether (sulfide) groups is 1. The molecule has 3 aromatic rings. The molecule has 0 bridgehead atoms. The van der Waals surface area contributed by atoms with Gasteiger partial charge in [-0.05, 0) is 24.3 Å². The summed E-state index contributed by atoms with van der Waals surface area (Å²) < 4.78 is 17.6. The lowest BCUT2D eigenvalue weighted by molar-refractivity contribution is -0.113. The van der Waals surface area contributed by atoms with Crippen molar-refractivity contribution >= 4 is 23.4 Å². The van der Waals surface area contributed by atoms with E-state index in [9.17, 15) is 4.79 Å². The first-order valence-electron chi connectivity index (χ1n) is 8.79. The average molecular weight is 414 g/mol. The molecular formula is C20H22N4O4S. The Morgan fingerprint density at radius 3 is 2.55 bits per heavy atom. The van der Waals surface area contributed by atoms with Gasteiger partial charge < -0.3 is 19.5 Å². The van der Waals surface area contributed by atoms with Crippen LogP contribution in [0.4, 0.5) is 5.69 Å². The zero-order valence-corrected chi connectivity index (χ0v) is 17.2. The molecule has 0 atom stereocenters. The van der Waals surface area contributed by atoms with Crippen molar-refractivity contribution in [3.05, 3.63) is 54.4 Å². The van der Waals surface area contributed by atoms with Gasteiger partial charge in [0.25, 0.3) is 0 Å². The first-order valence-corrected chi connectivity index (χ1v) is 9.78. The number of benzene rings is 2. The number of ether oxygens (including phenoxy) is 3. The van der Waals surface area contributed by atoms with E-state index in [1.165, 1.54) is 11.8 Å². The third-order valence-electron chi connectivity index (χ3n) is 4.00. The quantitative estimate of drug-likeness (QED) is 0.538. The van der Waals surface area contributed by atoms with E-state index in [4.69, 9.17) is 14.2 Å². The molecule has 1 heterocycles. The van der Waals surface area contributed by atoms with E-state index in [1.54, 1.807) is 39.5 Å². The van der Waals surface area contributed by atoms with Crippen LogP contribution in [0.5, 0.6) is 11.5 Å². The summed E-state index contributed by atoms with van der Waals surface area (Å²) in [5.41, 5.74) is 1.45. The van der Waals surface area contributed by atoms with Gasteiger partial charge in [0.2, 0.25) is 5.91 Å². The van der Waals surface area contributed by atoms with Crippen LogP contribution in [-0.2, 0) is 16.1 Å². The van der Waals surface area contributed by atoms with Gasteiger partial charge in [0.15, 0.2) is 11.0 Å². The van der Waals surface area contributed by atoms with Crippen LogP contribution >= 0.6 is 11.8 Å². The van der Waals surface area contributed by atoms with Gasteiger partial charge in [-0.3, -0.25) is 9.36 Å². The van der Waals surface area contributed by atoms with Gasteiger partial charge in [-0.15, -0.1) is 10.2 Å². The number of hydrogen-bond acceptors (Lipinski definition) is 7. The number of nitrogens with zero attached hydrogens (tertiary/aromatic N) is 3. The van der Waals surface area contributed by atoms with Gasteiger partial charge in [-0.1, -0.05) is 30.0 Å². The number of para-hydroxylation sites is 1. The van der Waals surface area contributed by atoms with Crippen LogP contribution in [0.2, 0.25) is 0 Å². The van der Waals surface area contributed by atoms with E-state index in [2.05, 4.69) is 15.5 Å². The summed E-state index contributed by atoms with van der Waals surface area (Å²) in [5, 5.41) is 11.9. The topological polar surface area (TPSA) is 87.5 Å². The highest BCUT2D eigenvalue weighted by Gasteiger charge is 2.16. The van der Waals surface area contributed by atoms with Crippen molar-refractivity contribution in [2.75, 3.05) is 32.4 Å². The van der Waals surface area contributed by atoms with Gasteiger partial charge in [0.1, 0.15) is 18.1 Å². The molecule has 1 aromatic heterocycles. The molecule has 0 radical (unpaired) electrons. The van der Waals surface area contributed by atoms with Crippen molar-refractivity contribution in [2.45, 2.75) is 11.8 Å². The van der Waals surface area contributed by atoms with Crippen molar-refractivity contribution in [3.8, 4) is 17.2 Å². The molecular weight excluding hydrogens is 392 g/mol. The summed E-state index contributed by atoms with van der Waals surface area (Å²) in [6, 6.07) is 14.9. The van der Waals surface area contributed by atoms with Gasteiger partial charge in [-0.25, -0.2) is 0 Å². The van der Waals surface area contributed by atoms with Crippen LogP contribution in [0, 0.1) is 0 Å². The van der Waals surface area contributed by atoms with Gasteiger partial charge >= 0.3 is 0 Å². The summed E-state index contributed by atoms with van der Waals surface area (Å²) >= 11 is 1.29. The van der Waals surface area contributed by atoms with Crippen LogP contribution in [0.3, 0.4) is 0 Å². The number of anilines is 1. The second-order valence-electron chi connectivity index (χ2n) is 5.91. The second kappa shape index (κ2) is 9.94. The number of methoxy groups -OCH3 is 3. The molecule has 0 aliphatic rings. The predicted octanol–water partition coefficient (Wildman–Crippen LogP) is 3.16. The fourth-order valence-electron chi connectivity index (χ4n) is 2.68. The van der Waals surface area contributed by atoms with Crippen molar-refractivity contribution in [2.24, 2.45) is 0 Å². The molecule has 8 nitrogen and oxygen atoms in total. The highest BCUT2D eigenvalue weighted by Crippen LogP contribution is 2.29. The Morgan fingerprint density at radius 2 is 1.86 bits per heavy atom. The van der Waals surface area contributed by atoms with Gasteiger partial charge in [-0.2, -0.15) is 0 Å². The number of hydrogen-bond donors (Lipinski definition) is 1. The molecule has 29 heavy (non-hydrogen) atoms. The number of carbonyl (C=O) groups excluding carboxylic acids is 1. The maximum absolute atomic E-state index is 12.5. The Kier molecular flexibility index (Phi) is 7.09. The van der Waals surface area contributed by atoms with Crippen molar-refractivity contribution in [3.63, 3.8) is 0 Å². The number of amides is 1. The molecule has 9 heteroatoms. The summed E-state index contributed by atoms with van der Waals surface area (Å²) in [6.45, 7) is 0.315. The SMILES string of the molecule is COCc1nnc(SCC(=O)Nc2cc(OC)ccc2OC)n1-c1ccccc1. The highest BCUT2D eigenvalue weighted by atomic mass is 32.2. The predicted molar refractivity (Wildman–Crippen MR) is 111 cm³/mol.